The van der Waals surface area contributed by atoms with Gasteiger partial charge in [0.05, 0.1) is 6.10 Å². The fourth-order valence-electron chi connectivity index (χ4n) is 1.96. The minimum Gasteiger partial charge on any atom is -0.389 e. The number of hydrogen-bond acceptors (Lipinski definition) is 3. The molecule has 88 valence electrons. The Morgan fingerprint density at radius 1 is 1.38 bits per heavy atom. The fourth-order valence-corrected chi connectivity index (χ4v) is 1.96. The van der Waals surface area contributed by atoms with E-state index < -0.39 is 6.10 Å². The highest BCUT2D eigenvalue weighted by molar-refractivity contribution is 5.40. The van der Waals surface area contributed by atoms with Gasteiger partial charge in [0.15, 0.2) is 0 Å². The van der Waals surface area contributed by atoms with E-state index in [0.29, 0.717) is 6.04 Å². The molecule has 3 nitrogen and oxygen atoms in total. The third kappa shape index (κ3) is 2.35. The zero-order valence-corrected chi connectivity index (χ0v) is 10.2. The highest BCUT2D eigenvalue weighted by Crippen LogP contribution is 2.35. The molecule has 0 saturated heterocycles. The molecule has 0 bridgehead atoms. The van der Waals surface area contributed by atoms with Crippen LogP contribution in [0.25, 0.3) is 0 Å². The highest BCUT2D eigenvalue weighted by atomic mass is 16.3. The monoisotopic (exact) mass is 220 g/mol. The van der Waals surface area contributed by atoms with Crippen LogP contribution < -0.4 is 4.90 Å². The number of nitrogens with zero attached hydrogens (tertiary/aromatic N) is 2. The zero-order chi connectivity index (χ0) is 11.7. The van der Waals surface area contributed by atoms with Gasteiger partial charge >= 0.3 is 0 Å². The van der Waals surface area contributed by atoms with Gasteiger partial charge in [-0.15, -0.1) is 0 Å². The summed E-state index contributed by atoms with van der Waals surface area (Å²) in [6.07, 6.45) is 4.01. The van der Waals surface area contributed by atoms with Crippen LogP contribution in [0.1, 0.15) is 38.4 Å². The van der Waals surface area contributed by atoms with E-state index in [2.05, 4.69) is 23.9 Å². The van der Waals surface area contributed by atoms with Crippen LogP contribution >= 0.6 is 0 Å². The van der Waals surface area contributed by atoms with Gasteiger partial charge in [-0.1, -0.05) is 6.07 Å². The number of pyridine rings is 1. The average molecular weight is 220 g/mol. The van der Waals surface area contributed by atoms with Crippen molar-refractivity contribution < 1.29 is 5.11 Å². The summed E-state index contributed by atoms with van der Waals surface area (Å²) in [7, 11) is 2.09. The predicted octanol–water partition coefficient (Wildman–Crippen LogP) is 2.37. The number of hydrogen-bond donors (Lipinski definition) is 1. The average Bonchev–Trinajstić information content (AvgIpc) is 3.11. The van der Waals surface area contributed by atoms with E-state index in [9.17, 15) is 5.11 Å². The molecule has 1 unspecified atom stereocenters. The highest BCUT2D eigenvalue weighted by Gasteiger charge is 2.30. The summed E-state index contributed by atoms with van der Waals surface area (Å²) in [6.45, 7) is 4.01. The van der Waals surface area contributed by atoms with Crippen LogP contribution in [0.5, 0.6) is 0 Å². The predicted molar refractivity (Wildman–Crippen MR) is 65.5 cm³/mol. The van der Waals surface area contributed by atoms with E-state index in [1.165, 1.54) is 12.8 Å². The molecule has 0 amide bonds. The first kappa shape index (κ1) is 11.4. The van der Waals surface area contributed by atoms with Crippen molar-refractivity contribution in [1.82, 2.24) is 4.98 Å². The van der Waals surface area contributed by atoms with Crippen molar-refractivity contribution in [2.75, 3.05) is 11.9 Å². The maximum absolute atomic E-state index is 9.41. The lowest BCUT2D eigenvalue weighted by Crippen LogP contribution is -2.31. The molecule has 0 radical (unpaired) electrons. The van der Waals surface area contributed by atoms with Gasteiger partial charge in [0, 0.05) is 19.3 Å². The Hall–Kier alpha value is -1.09. The minimum atomic E-state index is -0.437. The Balaban J connectivity index is 2.08. The fraction of sp³-hybridized carbons (Fsp3) is 0.615. The Kier molecular flexibility index (Phi) is 3.15. The van der Waals surface area contributed by atoms with Crippen LogP contribution in [-0.2, 0) is 0 Å². The minimum absolute atomic E-state index is 0.437. The Morgan fingerprint density at radius 3 is 2.50 bits per heavy atom. The largest absolute Gasteiger partial charge is 0.389 e. The number of aliphatic hydroxyl groups is 1. The molecule has 0 spiro atoms. The normalized spacial score (nSPS) is 19.2. The first-order chi connectivity index (χ1) is 7.59. The van der Waals surface area contributed by atoms with E-state index in [1.807, 2.05) is 12.1 Å². The molecule has 3 heteroatoms. The van der Waals surface area contributed by atoms with Crippen LogP contribution in [0.2, 0.25) is 0 Å². The number of rotatable bonds is 4. The second-order valence-electron chi connectivity index (χ2n) is 4.81. The van der Waals surface area contributed by atoms with Gasteiger partial charge in [0.1, 0.15) is 5.82 Å². The zero-order valence-electron chi connectivity index (χ0n) is 10.2. The molecule has 0 aliphatic heterocycles. The van der Waals surface area contributed by atoms with Crippen molar-refractivity contribution in [2.24, 2.45) is 5.92 Å². The van der Waals surface area contributed by atoms with Crippen molar-refractivity contribution in [2.45, 2.75) is 38.8 Å². The molecule has 0 aromatic carbocycles. The standard InChI is InChI=1S/C13H20N2O/c1-9(11-4-5-11)15(3)13-7-6-12(8-14-13)10(2)16/h6-11,16H,4-5H2,1-3H3/t9?,10-/m1/s1. The summed E-state index contributed by atoms with van der Waals surface area (Å²) >= 11 is 0. The molecule has 2 rings (SSSR count). The summed E-state index contributed by atoms with van der Waals surface area (Å²) in [5, 5.41) is 9.41. The smallest absolute Gasteiger partial charge is 0.128 e. The molecule has 1 aromatic heterocycles. The summed E-state index contributed by atoms with van der Waals surface area (Å²) in [4.78, 5) is 6.62. The molecular formula is C13H20N2O. The van der Waals surface area contributed by atoms with E-state index in [-0.39, 0.29) is 0 Å². The van der Waals surface area contributed by atoms with Gasteiger partial charge < -0.3 is 10.0 Å². The Morgan fingerprint density at radius 2 is 2.06 bits per heavy atom. The van der Waals surface area contributed by atoms with Crippen molar-refractivity contribution in [3.05, 3.63) is 23.9 Å². The third-order valence-electron chi connectivity index (χ3n) is 3.53. The molecular weight excluding hydrogens is 200 g/mol. The molecule has 1 saturated carbocycles. The maximum Gasteiger partial charge on any atom is 0.128 e. The van der Waals surface area contributed by atoms with Gasteiger partial charge in [-0.05, 0) is 44.2 Å². The first-order valence-electron chi connectivity index (χ1n) is 5.96. The lowest BCUT2D eigenvalue weighted by atomic mass is 10.1. The lowest BCUT2D eigenvalue weighted by Gasteiger charge is -2.26. The van der Waals surface area contributed by atoms with Crippen molar-refractivity contribution in [3.8, 4) is 0 Å². The summed E-state index contributed by atoms with van der Waals surface area (Å²) < 4.78 is 0. The van der Waals surface area contributed by atoms with Crippen molar-refractivity contribution in [1.29, 1.82) is 0 Å². The van der Waals surface area contributed by atoms with E-state index in [0.717, 1.165) is 17.3 Å². The number of aromatic nitrogens is 1. The van der Waals surface area contributed by atoms with Crippen LogP contribution in [0, 0.1) is 5.92 Å². The number of aliphatic hydroxyl groups excluding tert-OH is 1. The molecule has 1 aliphatic rings. The Bertz CT molecular complexity index is 343. The van der Waals surface area contributed by atoms with Gasteiger partial charge in [-0.2, -0.15) is 0 Å². The lowest BCUT2D eigenvalue weighted by molar-refractivity contribution is 0.199. The maximum atomic E-state index is 9.41. The number of anilines is 1. The summed E-state index contributed by atoms with van der Waals surface area (Å²) in [5.41, 5.74) is 0.872. The van der Waals surface area contributed by atoms with Crippen molar-refractivity contribution >= 4 is 5.82 Å². The van der Waals surface area contributed by atoms with Crippen LogP contribution in [-0.4, -0.2) is 23.2 Å². The second kappa shape index (κ2) is 4.42. The topological polar surface area (TPSA) is 36.4 Å². The first-order valence-corrected chi connectivity index (χ1v) is 5.96. The van der Waals surface area contributed by atoms with Crippen LogP contribution in [0.3, 0.4) is 0 Å². The van der Waals surface area contributed by atoms with Gasteiger partial charge in [-0.25, -0.2) is 4.98 Å². The summed E-state index contributed by atoms with van der Waals surface area (Å²) in [6, 6.07) is 4.49. The molecule has 1 aromatic rings. The van der Waals surface area contributed by atoms with Gasteiger partial charge in [0.25, 0.3) is 0 Å². The van der Waals surface area contributed by atoms with Crippen LogP contribution in [0.15, 0.2) is 18.3 Å². The molecule has 1 heterocycles. The van der Waals surface area contributed by atoms with E-state index in [4.69, 9.17) is 0 Å². The molecule has 16 heavy (non-hydrogen) atoms. The third-order valence-corrected chi connectivity index (χ3v) is 3.53. The Labute approximate surface area is 97.1 Å². The SMILES string of the molecule is CC(C1CC1)N(C)c1ccc([C@@H](C)O)cn1. The second-order valence-corrected chi connectivity index (χ2v) is 4.81. The molecule has 1 N–H and O–H groups in total. The van der Waals surface area contributed by atoms with Crippen molar-refractivity contribution in [3.63, 3.8) is 0 Å². The van der Waals surface area contributed by atoms with E-state index in [1.54, 1.807) is 13.1 Å². The van der Waals surface area contributed by atoms with Gasteiger partial charge in [-0.3, -0.25) is 0 Å². The quantitative estimate of drug-likeness (QED) is 0.846. The summed E-state index contributed by atoms with van der Waals surface area (Å²) in [5.74, 6) is 1.83. The van der Waals surface area contributed by atoms with Gasteiger partial charge in [0.2, 0.25) is 0 Å². The van der Waals surface area contributed by atoms with Crippen LogP contribution in [0.4, 0.5) is 5.82 Å². The van der Waals surface area contributed by atoms with E-state index >= 15 is 0 Å². The molecule has 1 fully saturated rings. The molecule has 2 atom stereocenters. The molecule has 1 aliphatic carbocycles.